The number of carbonyl (C=O) groups excluding carboxylic acids is 1. The zero-order valence-electron chi connectivity index (χ0n) is 14.7. The molecule has 0 bridgehead atoms. The number of nitrogens with one attached hydrogen (secondary N) is 1. The topological polar surface area (TPSA) is 71.1 Å². The second-order valence-corrected chi connectivity index (χ2v) is 7.01. The van der Waals surface area contributed by atoms with Gasteiger partial charge >= 0.3 is 0 Å². The normalized spacial score (nSPS) is 21.7. The van der Waals surface area contributed by atoms with Crippen molar-refractivity contribution in [3.63, 3.8) is 0 Å². The third-order valence-electron chi connectivity index (χ3n) is 5.54. The van der Waals surface area contributed by atoms with E-state index in [0.717, 1.165) is 24.2 Å². The number of likely N-dealkylation sites (tertiary alicyclic amines) is 1. The van der Waals surface area contributed by atoms with E-state index in [2.05, 4.69) is 27.1 Å². The highest BCUT2D eigenvalue weighted by Crippen LogP contribution is 2.43. The maximum absolute atomic E-state index is 13.2. The van der Waals surface area contributed by atoms with Crippen LogP contribution in [0.25, 0.3) is 11.2 Å². The van der Waals surface area contributed by atoms with Gasteiger partial charge in [-0.25, -0.2) is 9.97 Å². The van der Waals surface area contributed by atoms with Gasteiger partial charge in [0.15, 0.2) is 5.65 Å². The highest BCUT2D eigenvalue weighted by atomic mass is 16.5. The van der Waals surface area contributed by atoms with Gasteiger partial charge in [0.1, 0.15) is 11.4 Å². The molecule has 1 fully saturated rings. The molecule has 2 aliphatic rings. The lowest BCUT2D eigenvalue weighted by atomic mass is 9.92. The average molecular weight is 348 g/mol. The van der Waals surface area contributed by atoms with Crippen LogP contribution in [0.1, 0.15) is 40.7 Å². The summed E-state index contributed by atoms with van der Waals surface area (Å²) in [6, 6.07) is 10.1. The minimum Gasteiger partial charge on any atom is -0.364 e. The molecule has 1 spiro atoms. The van der Waals surface area contributed by atoms with E-state index < -0.39 is 0 Å². The molecular weight excluding hydrogens is 328 g/mol. The Labute approximate surface area is 151 Å². The maximum atomic E-state index is 13.2. The van der Waals surface area contributed by atoms with Gasteiger partial charge in [-0.15, -0.1) is 0 Å². The number of hydrogen-bond acceptors (Lipinski definition) is 4. The molecule has 3 aromatic rings. The smallest absolute Gasteiger partial charge is 0.256 e. The summed E-state index contributed by atoms with van der Waals surface area (Å²) in [6.45, 7) is 3.92. The third-order valence-corrected chi connectivity index (χ3v) is 5.54. The number of ether oxygens (including phenoxy) is 1. The Kier molecular flexibility index (Phi) is 3.37. The molecule has 0 radical (unpaired) electrons. The van der Waals surface area contributed by atoms with E-state index in [0.29, 0.717) is 30.9 Å². The first kappa shape index (κ1) is 15.5. The molecule has 0 saturated carbocycles. The highest BCUT2D eigenvalue weighted by molar-refractivity contribution is 6.04. The number of H-pyrrole nitrogens is 1. The molecule has 2 aromatic heterocycles. The van der Waals surface area contributed by atoms with Gasteiger partial charge in [-0.2, -0.15) is 0 Å². The number of aromatic amines is 1. The van der Waals surface area contributed by atoms with E-state index >= 15 is 0 Å². The first-order chi connectivity index (χ1) is 12.7. The van der Waals surface area contributed by atoms with E-state index in [-0.39, 0.29) is 11.5 Å². The second kappa shape index (κ2) is 5.64. The molecule has 1 aromatic carbocycles. The van der Waals surface area contributed by atoms with E-state index in [1.165, 1.54) is 11.1 Å². The highest BCUT2D eigenvalue weighted by Gasteiger charge is 2.46. The van der Waals surface area contributed by atoms with Gasteiger partial charge in [-0.05, 0) is 23.6 Å². The first-order valence-electron chi connectivity index (χ1n) is 9.05. The molecule has 2 aliphatic heterocycles. The number of rotatable bonds is 2. The zero-order valence-corrected chi connectivity index (χ0v) is 14.7. The monoisotopic (exact) mass is 348 g/mol. The average Bonchev–Trinajstić information content (AvgIpc) is 3.39. The van der Waals surface area contributed by atoms with E-state index in [9.17, 15) is 4.79 Å². The predicted molar refractivity (Wildman–Crippen MR) is 96.7 cm³/mol. The van der Waals surface area contributed by atoms with Crippen molar-refractivity contribution in [1.82, 2.24) is 19.9 Å². The van der Waals surface area contributed by atoms with Crippen LogP contribution in [0.5, 0.6) is 0 Å². The van der Waals surface area contributed by atoms with Crippen molar-refractivity contribution in [1.29, 1.82) is 0 Å². The largest absolute Gasteiger partial charge is 0.364 e. The van der Waals surface area contributed by atoms with Crippen molar-refractivity contribution in [2.24, 2.45) is 0 Å². The molecule has 1 atom stereocenters. The lowest BCUT2D eigenvalue weighted by molar-refractivity contribution is -0.0282. The number of carbonyl (C=O) groups is 1. The molecular formula is C20H20N4O2. The van der Waals surface area contributed by atoms with Gasteiger partial charge in [0.05, 0.1) is 24.2 Å². The van der Waals surface area contributed by atoms with E-state index in [1.807, 2.05) is 24.0 Å². The first-order valence-corrected chi connectivity index (χ1v) is 9.05. The maximum Gasteiger partial charge on any atom is 0.256 e. The fraction of sp³-hybridized carbons (Fsp3) is 0.350. The quantitative estimate of drug-likeness (QED) is 0.773. The lowest BCUT2D eigenvalue weighted by Gasteiger charge is -2.24. The molecule has 1 N–H and O–H groups in total. The van der Waals surface area contributed by atoms with Crippen LogP contribution in [0.15, 0.2) is 36.5 Å². The zero-order chi connectivity index (χ0) is 17.7. The van der Waals surface area contributed by atoms with Gasteiger partial charge in [0.2, 0.25) is 0 Å². The minimum atomic E-state index is -0.360. The molecule has 1 saturated heterocycles. The number of aromatic nitrogens is 3. The van der Waals surface area contributed by atoms with Gasteiger partial charge < -0.3 is 14.6 Å². The van der Waals surface area contributed by atoms with Crippen LogP contribution in [0, 0.1) is 0 Å². The summed E-state index contributed by atoms with van der Waals surface area (Å²) in [4.78, 5) is 27.1. The van der Waals surface area contributed by atoms with Gasteiger partial charge in [0.25, 0.3) is 5.91 Å². The molecule has 1 unspecified atom stereocenters. The number of pyridine rings is 1. The van der Waals surface area contributed by atoms with Crippen molar-refractivity contribution in [3.05, 3.63) is 59.0 Å². The summed E-state index contributed by atoms with van der Waals surface area (Å²) >= 11 is 0. The van der Waals surface area contributed by atoms with Gasteiger partial charge in [-0.1, -0.05) is 31.2 Å². The molecule has 26 heavy (non-hydrogen) atoms. The summed E-state index contributed by atoms with van der Waals surface area (Å²) in [5.74, 6) is 0.854. The second-order valence-electron chi connectivity index (χ2n) is 7.01. The Balaban J connectivity index is 1.47. The minimum absolute atomic E-state index is 0.00793. The Morgan fingerprint density at radius 3 is 3.12 bits per heavy atom. The van der Waals surface area contributed by atoms with Crippen LogP contribution in [-0.4, -0.2) is 38.8 Å². The van der Waals surface area contributed by atoms with Crippen LogP contribution in [-0.2, 0) is 23.4 Å². The fourth-order valence-corrected chi connectivity index (χ4v) is 4.15. The molecule has 0 aliphatic carbocycles. The Bertz CT molecular complexity index is 1010. The van der Waals surface area contributed by atoms with Crippen LogP contribution in [0.2, 0.25) is 0 Å². The number of hydrogen-bond donors (Lipinski definition) is 1. The van der Waals surface area contributed by atoms with E-state index in [1.54, 1.807) is 12.3 Å². The van der Waals surface area contributed by atoms with Crippen LogP contribution in [0.3, 0.4) is 0 Å². The van der Waals surface area contributed by atoms with E-state index in [4.69, 9.17) is 4.74 Å². The van der Waals surface area contributed by atoms with Crippen LogP contribution < -0.4 is 0 Å². The summed E-state index contributed by atoms with van der Waals surface area (Å²) < 4.78 is 6.17. The van der Waals surface area contributed by atoms with Crippen molar-refractivity contribution in [2.45, 2.75) is 32.0 Å². The molecule has 4 heterocycles. The fourth-order valence-electron chi connectivity index (χ4n) is 4.15. The van der Waals surface area contributed by atoms with Crippen LogP contribution >= 0.6 is 0 Å². The predicted octanol–water partition coefficient (Wildman–Crippen LogP) is 2.79. The molecule has 5 rings (SSSR count). The third kappa shape index (κ3) is 2.18. The summed E-state index contributed by atoms with van der Waals surface area (Å²) in [5.41, 5.74) is 4.05. The molecule has 1 amide bonds. The number of benzene rings is 1. The Hall–Kier alpha value is -2.73. The Morgan fingerprint density at radius 1 is 1.35 bits per heavy atom. The summed E-state index contributed by atoms with van der Waals surface area (Å²) in [7, 11) is 0. The Morgan fingerprint density at radius 2 is 2.23 bits per heavy atom. The SMILES string of the molecule is CCc1nc2nccc(C(=O)N3CCC4(C3)OCc3ccccc34)c2[nH]1. The van der Waals surface area contributed by atoms with Crippen molar-refractivity contribution < 1.29 is 9.53 Å². The molecule has 6 heteroatoms. The van der Waals surface area contributed by atoms with Gasteiger partial charge in [-0.3, -0.25) is 4.79 Å². The van der Waals surface area contributed by atoms with Crippen molar-refractivity contribution in [2.75, 3.05) is 13.1 Å². The number of nitrogens with zero attached hydrogens (tertiary/aromatic N) is 3. The molecule has 6 nitrogen and oxygen atoms in total. The number of amides is 1. The van der Waals surface area contributed by atoms with Crippen molar-refractivity contribution >= 4 is 17.1 Å². The van der Waals surface area contributed by atoms with Gasteiger partial charge in [0, 0.05) is 19.2 Å². The lowest BCUT2D eigenvalue weighted by Crippen LogP contribution is -2.34. The van der Waals surface area contributed by atoms with Crippen molar-refractivity contribution in [3.8, 4) is 0 Å². The summed E-state index contributed by atoms with van der Waals surface area (Å²) in [5, 5.41) is 0. The number of fused-ring (bicyclic) bond motifs is 3. The summed E-state index contributed by atoms with van der Waals surface area (Å²) in [6.07, 6.45) is 3.26. The molecule has 132 valence electrons. The standard InChI is InChI=1S/C20H20N4O2/c1-2-16-22-17-14(7-9-21-18(17)23-16)19(25)24-10-8-20(12-24)15-6-4-3-5-13(15)11-26-20/h3-7,9H,2,8,10-12H2,1H3,(H,21,22,23). The number of imidazole rings is 1. The van der Waals surface area contributed by atoms with Crippen LogP contribution in [0.4, 0.5) is 0 Å². The number of aryl methyl sites for hydroxylation is 1.